The van der Waals surface area contributed by atoms with E-state index in [1.807, 2.05) is 0 Å². The molecule has 0 aliphatic heterocycles. The third-order valence-corrected chi connectivity index (χ3v) is 2.90. The summed E-state index contributed by atoms with van der Waals surface area (Å²) in [5, 5.41) is 6.83. The molecule has 0 heterocycles. The molecule has 0 aromatic heterocycles. The Labute approximate surface area is 129 Å². The fourth-order valence-electron chi connectivity index (χ4n) is 1.57. The van der Waals surface area contributed by atoms with E-state index in [1.54, 1.807) is 0 Å². The second kappa shape index (κ2) is 15.3. The van der Waals surface area contributed by atoms with Crippen molar-refractivity contribution in [2.45, 2.75) is 68.2 Å². The molecule has 0 radical (unpaired) electrons. The van der Waals surface area contributed by atoms with Crippen molar-refractivity contribution in [3.05, 3.63) is 0 Å². The van der Waals surface area contributed by atoms with Gasteiger partial charge in [0, 0.05) is 0 Å². The third kappa shape index (κ3) is 26.5. The Morgan fingerprint density at radius 2 is 0.850 bits per heavy atom. The van der Waals surface area contributed by atoms with Crippen LogP contribution in [0.2, 0.25) is 0 Å². The minimum absolute atomic E-state index is 0.781. The van der Waals surface area contributed by atoms with E-state index in [9.17, 15) is 0 Å². The summed E-state index contributed by atoms with van der Waals surface area (Å²) in [5.74, 6) is 3.23. The number of hydrogen-bond donors (Lipinski definition) is 2. The van der Waals surface area contributed by atoms with Gasteiger partial charge in [0.2, 0.25) is 0 Å². The summed E-state index contributed by atoms with van der Waals surface area (Å²) in [7, 11) is 0. The number of rotatable bonds is 10. The summed E-state index contributed by atoms with van der Waals surface area (Å²) in [6, 6.07) is 0. The van der Waals surface area contributed by atoms with E-state index < -0.39 is 0 Å². The van der Waals surface area contributed by atoms with Crippen LogP contribution in [0.15, 0.2) is 0 Å². The van der Waals surface area contributed by atoms with Crippen LogP contribution in [0, 0.1) is 23.7 Å². The smallest absolute Gasteiger partial charge is 0.00257 e. The Morgan fingerprint density at radius 3 is 1.10 bits per heavy atom. The first kappa shape index (κ1) is 22.2. The van der Waals surface area contributed by atoms with Crippen molar-refractivity contribution in [2.24, 2.45) is 23.7 Å². The summed E-state index contributed by atoms with van der Waals surface area (Å²) in [4.78, 5) is 0. The predicted octanol–water partition coefficient (Wildman–Crippen LogP) is 4.56. The van der Waals surface area contributed by atoms with Gasteiger partial charge in [0.05, 0.1) is 0 Å². The van der Waals surface area contributed by atoms with Crippen molar-refractivity contribution >= 4 is 0 Å². The van der Waals surface area contributed by atoms with Gasteiger partial charge in [-0.15, -0.1) is 0 Å². The number of nitrogens with one attached hydrogen (secondary N) is 2. The van der Waals surface area contributed by atoms with Crippen LogP contribution in [-0.4, -0.2) is 26.2 Å². The maximum absolute atomic E-state index is 3.45. The summed E-state index contributed by atoms with van der Waals surface area (Å²) >= 11 is 0. The maximum atomic E-state index is 3.45. The molecule has 20 heavy (non-hydrogen) atoms. The molecule has 0 aromatic carbocycles. The molecule has 0 spiro atoms. The van der Waals surface area contributed by atoms with Crippen LogP contribution in [0.4, 0.5) is 0 Å². The molecule has 2 N–H and O–H groups in total. The van der Waals surface area contributed by atoms with Crippen molar-refractivity contribution in [1.29, 1.82) is 0 Å². The van der Waals surface area contributed by atoms with E-state index in [4.69, 9.17) is 0 Å². The van der Waals surface area contributed by atoms with E-state index in [0.717, 1.165) is 36.8 Å². The quantitative estimate of drug-likeness (QED) is 0.575. The molecule has 0 fully saturated rings. The molecule has 0 unspecified atom stereocenters. The molecule has 0 amide bonds. The van der Waals surface area contributed by atoms with Gasteiger partial charge in [0.25, 0.3) is 0 Å². The molecule has 2 heteroatoms. The van der Waals surface area contributed by atoms with E-state index >= 15 is 0 Å². The van der Waals surface area contributed by atoms with Crippen LogP contribution in [-0.2, 0) is 0 Å². The second-order valence-corrected chi connectivity index (χ2v) is 7.56. The Balaban J connectivity index is 0. The largest absolute Gasteiger partial charge is 0.317 e. The Morgan fingerprint density at radius 1 is 0.500 bits per heavy atom. The first-order chi connectivity index (χ1) is 9.25. The minimum Gasteiger partial charge on any atom is -0.317 e. The van der Waals surface area contributed by atoms with Gasteiger partial charge in [0.15, 0.2) is 0 Å². The van der Waals surface area contributed by atoms with Crippen molar-refractivity contribution in [3.63, 3.8) is 0 Å². The molecule has 2 nitrogen and oxygen atoms in total. The average molecular weight is 287 g/mol. The van der Waals surface area contributed by atoms with Gasteiger partial charge in [-0.1, -0.05) is 55.4 Å². The zero-order valence-electron chi connectivity index (χ0n) is 15.6. The lowest BCUT2D eigenvalue weighted by atomic mass is 10.1. The molecule has 0 saturated carbocycles. The molecule has 0 atom stereocenters. The van der Waals surface area contributed by atoms with Crippen molar-refractivity contribution in [2.75, 3.05) is 26.2 Å². The van der Waals surface area contributed by atoms with E-state index in [0.29, 0.717) is 0 Å². The highest BCUT2D eigenvalue weighted by molar-refractivity contribution is 4.53. The van der Waals surface area contributed by atoms with Crippen LogP contribution in [0.5, 0.6) is 0 Å². The van der Waals surface area contributed by atoms with E-state index in [2.05, 4.69) is 66.0 Å². The van der Waals surface area contributed by atoms with Gasteiger partial charge in [0.1, 0.15) is 0 Å². The van der Waals surface area contributed by atoms with Crippen molar-refractivity contribution < 1.29 is 0 Å². The third-order valence-electron chi connectivity index (χ3n) is 2.90. The van der Waals surface area contributed by atoms with Crippen LogP contribution in [0.25, 0.3) is 0 Å². The summed E-state index contributed by atoms with van der Waals surface area (Å²) in [5.41, 5.74) is 0. The average Bonchev–Trinajstić information content (AvgIpc) is 2.27. The van der Waals surface area contributed by atoms with Crippen molar-refractivity contribution in [1.82, 2.24) is 10.6 Å². The molecule has 0 aromatic rings. The summed E-state index contributed by atoms with van der Waals surface area (Å²) in [6.45, 7) is 22.7. The minimum atomic E-state index is 0.781. The SMILES string of the molecule is CC(C)CCNCCC(C)C.CC(C)CNCC(C)C. The van der Waals surface area contributed by atoms with Gasteiger partial charge < -0.3 is 10.6 Å². The van der Waals surface area contributed by atoms with Crippen LogP contribution in [0.1, 0.15) is 68.2 Å². The Hall–Kier alpha value is -0.0800. The monoisotopic (exact) mass is 286 g/mol. The molecule has 0 bridgehead atoms. The van der Waals surface area contributed by atoms with Crippen LogP contribution >= 0.6 is 0 Å². The Kier molecular flexibility index (Phi) is 17.0. The fourth-order valence-corrected chi connectivity index (χ4v) is 1.57. The lowest BCUT2D eigenvalue weighted by molar-refractivity contribution is 0.497. The van der Waals surface area contributed by atoms with Gasteiger partial charge in [-0.05, 0) is 62.7 Å². The van der Waals surface area contributed by atoms with Gasteiger partial charge >= 0.3 is 0 Å². The van der Waals surface area contributed by atoms with Crippen LogP contribution in [0.3, 0.4) is 0 Å². The normalized spacial score (nSPS) is 11.4. The first-order valence-electron chi connectivity index (χ1n) is 8.67. The molecular formula is C18H42N2. The standard InChI is InChI=1S/C10H23N.C8H19N/c1-9(2)5-7-11-8-6-10(3)4;1-7(2)5-9-6-8(3)4/h9-11H,5-8H2,1-4H3;7-9H,5-6H2,1-4H3. The second-order valence-electron chi connectivity index (χ2n) is 7.56. The molecule has 0 aliphatic rings. The highest BCUT2D eigenvalue weighted by Crippen LogP contribution is 1.98. The van der Waals surface area contributed by atoms with Gasteiger partial charge in [-0.2, -0.15) is 0 Å². The molecular weight excluding hydrogens is 244 g/mol. The highest BCUT2D eigenvalue weighted by Gasteiger charge is 1.95. The first-order valence-corrected chi connectivity index (χ1v) is 8.67. The zero-order chi connectivity index (χ0) is 16.0. The number of hydrogen-bond acceptors (Lipinski definition) is 2. The summed E-state index contributed by atoms with van der Waals surface area (Å²) in [6.07, 6.45) is 2.61. The fraction of sp³-hybridized carbons (Fsp3) is 1.00. The molecule has 124 valence electrons. The summed E-state index contributed by atoms with van der Waals surface area (Å²) < 4.78 is 0. The lowest BCUT2D eigenvalue weighted by Gasteiger charge is -2.08. The molecule has 0 aliphatic carbocycles. The lowest BCUT2D eigenvalue weighted by Crippen LogP contribution is -2.23. The Bertz CT molecular complexity index is 156. The predicted molar refractivity (Wildman–Crippen MR) is 94.3 cm³/mol. The maximum Gasteiger partial charge on any atom is -0.00257 e. The van der Waals surface area contributed by atoms with Gasteiger partial charge in [-0.25, -0.2) is 0 Å². The topological polar surface area (TPSA) is 24.1 Å². The van der Waals surface area contributed by atoms with E-state index in [-0.39, 0.29) is 0 Å². The molecule has 0 saturated heterocycles. The molecule has 0 rings (SSSR count). The van der Waals surface area contributed by atoms with Crippen LogP contribution < -0.4 is 10.6 Å². The van der Waals surface area contributed by atoms with Crippen molar-refractivity contribution in [3.8, 4) is 0 Å². The highest BCUT2D eigenvalue weighted by atomic mass is 14.9. The van der Waals surface area contributed by atoms with E-state index in [1.165, 1.54) is 25.9 Å². The van der Waals surface area contributed by atoms with Gasteiger partial charge in [-0.3, -0.25) is 0 Å². The zero-order valence-corrected chi connectivity index (χ0v) is 15.6.